The number of nitrogens with two attached hydrogens (primary N) is 1. The van der Waals surface area contributed by atoms with Crippen LogP contribution in [0.4, 0.5) is 5.69 Å². The van der Waals surface area contributed by atoms with Crippen LogP contribution < -0.4 is 5.73 Å². The van der Waals surface area contributed by atoms with Gasteiger partial charge in [0.1, 0.15) is 11.5 Å². The van der Waals surface area contributed by atoms with Gasteiger partial charge in [-0.05, 0) is 35.4 Å². The number of hydrogen-bond acceptors (Lipinski definition) is 3. The molecular formula is C12H11NO2. The lowest BCUT2D eigenvalue weighted by Crippen LogP contribution is -1.86. The highest BCUT2D eigenvalue weighted by molar-refractivity contribution is 5.70. The molecule has 2 aromatic rings. The van der Waals surface area contributed by atoms with E-state index >= 15 is 0 Å². The maximum atomic E-state index is 9.27. The zero-order valence-electron chi connectivity index (χ0n) is 8.01. The van der Waals surface area contributed by atoms with Crippen molar-refractivity contribution in [3.63, 3.8) is 0 Å². The van der Waals surface area contributed by atoms with Crippen molar-refractivity contribution >= 4 is 5.69 Å². The van der Waals surface area contributed by atoms with Crippen molar-refractivity contribution in [1.29, 1.82) is 0 Å². The molecule has 0 amide bonds. The third-order valence-electron chi connectivity index (χ3n) is 2.23. The summed E-state index contributed by atoms with van der Waals surface area (Å²) in [5.74, 6) is 0.308. The van der Waals surface area contributed by atoms with E-state index in [0.717, 1.165) is 11.1 Å². The Morgan fingerprint density at radius 3 is 2.00 bits per heavy atom. The molecule has 0 aliphatic rings. The maximum absolute atomic E-state index is 9.27. The summed E-state index contributed by atoms with van der Waals surface area (Å²) in [6.45, 7) is 0. The van der Waals surface area contributed by atoms with Crippen molar-refractivity contribution in [2.24, 2.45) is 0 Å². The Kier molecular flexibility index (Phi) is 2.21. The first-order valence-corrected chi connectivity index (χ1v) is 4.55. The van der Waals surface area contributed by atoms with Gasteiger partial charge in [-0.1, -0.05) is 18.2 Å². The summed E-state index contributed by atoms with van der Waals surface area (Å²) < 4.78 is 0. The lowest BCUT2D eigenvalue weighted by atomic mass is 10.0. The predicted octanol–water partition coefficient (Wildman–Crippen LogP) is 2.35. The molecule has 0 saturated carbocycles. The number of aromatic hydroxyl groups is 2. The van der Waals surface area contributed by atoms with Gasteiger partial charge >= 0.3 is 0 Å². The number of phenolic OH excluding ortho intramolecular Hbond substituents is 2. The van der Waals surface area contributed by atoms with Crippen molar-refractivity contribution in [2.45, 2.75) is 0 Å². The molecule has 0 saturated heterocycles. The third-order valence-corrected chi connectivity index (χ3v) is 2.23. The van der Waals surface area contributed by atoms with Gasteiger partial charge in [0.15, 0.2) is 0 Å². The van der Waals surface area contributed by atoms with E-state index in [4.69, 9.17) is 10.8 Å². The lowest BCUT2D eigenvalue weighted by molar-refractivity contribution is 0.475. The van der Waals surface area contributed by atoms with Crippen molar-refractivity contribution in [1.82, 2.24) is 0 Å². The summed E-state index contributed by atoms with van der Waals surface area (Å²) in [7, 11) is 0. The molecule has 2 aromatic carbocycles. The van der Waals surface area contributed by atoms with Crippen LogP contribution in [-0.2, 0) is 0 Å². The minimum absolute atomic E-state index is 0.0810. The zero-order chi connectivity index (χ0) is 10.8. The molecule has 3 nitrogen and oxygen atoms in total. The van der Waals surface area contributed by atoms with Crippen LogP contribution in [0.1, 0.15) is 0 Å². The Morgan fingerprint density at radius 2 is 1.40 bits per heavy atom. The van der Waals surface area contributed by atoms with Crippen LogP contribution in [0, 0.1) is 0 Å². The van der Waals surface area contributed by atoms with E-state index in [1.807, 2.05) is 0 Å². The maximum Gasteiger partial charge on any atom is 0.138 e. The molecule has 76 valence electrons. The molecule has 0 heterocycles. The van der Waals surface area contributed by atoms with E-state index in [9.17, 15) is 5.11 Å². The first kappa shape index (κ1) is 9.40. The smallest absolute Gasteiger partial charge is 0.138 e. The quantitative estimate of drug-likeness (QED) is 0.490. The van der Waals surface area contributed by atoms with Crippen LogP contribution in [0.25, 0.3) is 11.1 Å². The molecule has 0 radical (unpaired) electrons. The highest BCUT2D eigenvalue weighted by Gasteiger charge is 2.01. The van der Waals surface area contributed by atoms with Crippen molar-refractivity contribution < 1.29 is 10.2 Å². The van der Waals surface area contributed by atoms with Gasteiger partial charge in [0, 0.05) is 0 Å². The molecule has 0 aromatic heterocycles. The van der Waals surface area contributed by atoms with E-state index in [2.05, 4.69) is 0 Å². The van der Waals surface area contributed by atoms with Gasteiger partial charge in [0.2, 0.25) is 0 Å². The van der Waals surface area contributed by atoms with Gasteiger partial charge in [0.05, 0.1) is 5.69 Å². The average molecular weight is 201 g/mol. The third kappa shape index (κ3) is 1.86. The fraction of sp³-hybridized carbons (Fsp3) is 0. The van der Waals surface area contributed by atoms with E-state index in [1.165, 1.54) is 0 Å². The predicted molar refractivity (Wildman–Crippen MR) is 59.6 cm³/mol. The first-order valence-electron chi connectivity index (χ1n) is 4.55. The summed E-state index contributed by atoms with van der Waals surface area (Å²) >= 11 is 0. The second kappa shape index (κ2) is 3.53. The topological polar surface area (TPSA) is 66.5 Å². The zero-order valence-corrected chi connectivity index (χ0v) is 8.01. The molecule has 0 fully saturated rings. The largest absolute Gasteiger partial charge is 0.508 e. The second-order valence-electron chi connectivity index (χ2n) is 3.32. The fourth-order valence-electron chi connectivity index (χ4n) is 1.39. The van der Waals surface area contributed by atoms with Crippen LogP contribution in [0.5, 0.6) is 11.5 Å². The molecule has 15 heavy (non-hydrogen) atoms. The summed E-state index contributed by atoms with van der Waals surface area (Å²) in [4.78, 5) is 0. The number of nitrogen functional groups attached to an aromatic ring is 1. The Bertz CT molecular complexity index is 477. The summed E-state index contributed by atoms with van der Waals surface area (Å²) in [6.07, 6.45) is 0. The molecule has 0 bridgehead atoms. The Labute approximate surface area is 87.4 Å². The summed E-state index contributed by atoms with van der Waals surface area (Å²) in [6, 6.07) is 11.8. The van der Waals surface area contributed by atoms with E-state index in [1.54, 1.807) is 42.5 Å². The molecule has 4 N–H and O–H groups in total. The van der Waals surface area contributed by atoms with Crippen molar-refractivity contribution in [3.8, 4) is 22.6 Å². The fourth-order valence-corrected chi connectivity index (χ4v) is 1.39. The van der Waals surface area contributed by atoms with E-state index in [-0.39, 0.29) is 11.5 Å². The first-order chi connectivity index (χ1) is 7.16. The molecule has 0 aliphatic heterocycles. The number of anilines is 1. The van der Waals surface area contributed by atoms with Gasteiger partial charge in [-0.25, -0.2) is 0 Å². The number of rotatable bonds is 1. The monoisotopic (exact) mass is 201 g/mol. The van der Waals surface area contributed by atoms with Gasteiger partial charge in [-0.15, -0.1) is 0 Å². The van der Waals surface area contributed by atoms with Crippen LogP contribution in [0.15, 0.2) is 42.5 Å². The minimum Gasteiger partial charge on any atom is -0.508 e. The molecule has 0 atom stereocenters. The Morgan fingerprint density at radius 1 is 0.800 bits per heavy atom. The van der Waals surface area contributed by atoms with E-state index < -0.39 is 0 Å². The number of benzene rings is 2. The standard InChI is InChI=1S/C12H11NO2/c13-11-7-9(3-6-12(11)15)8-1-4-10(14)5-2-8/h1-7,14-15H,13H2. The van der Waals surface area contributed by atoms with Crippen LogP contribution in [0.2, 0.25) is 0 Å². The summed E-state index contributed by atoms with van der Waals surface area (Å²) in [5, 5.41) is 18.4. The SMILES string of the molecule is Nc1cc(-c2ccc(O)cc2)ccc1O. The van der Waals surface area contributed by atoms with E-state index in [0.29, 0.717) is 5.69 Å². The second-order valence-corrected chi connectivity index (χ2v) is 3.32. The van der Waals surface area contributed by atoms with Crippen molar-refractivity contribution in [2.75, 3.05) is 5.73 Å². The number of phenols is 2. The molecule has 0 unspecified atom stereocenters. The summed E-state index contributed by atoms with van der Waals surface area (Å²) in [5.41, 5.74) is 7.79. The molecule has 0 aliphatic carbocycles. The van der Waals surface area contributed by atoms with Gasteiger partial charge in [-0.3, -0.25) is 0 Å². The highest BCUT2D eigenvalue weighted by Crippen LogP contribution is 2.28. The van der Waals surface area contributed by atoms with Crippen LogP contribution in [0.3, 0.4) is 0 Å². The van der Waals surface area contributed by atoms with Gasteiger partial charge in [-0.2, -0.15) is 0 Å². The minimum atomic E-state index is 0.0810. The highest BCUT2D eigenvalue weighted by atomic mass is 16.3. The lowest BCUT2D eigenvalue weighted by Gasteiger charge is -2.04. The van der Waals surface area contributed by atoms with Gasteiger partial charge in [0.25, 0.3) is 0 Å². The molecular weight excluding hydrogens is 190 g/mol. The average Bonchev–Trinajstić information content (AvgIpc) is 2.23. The molecule has 3 heteroatoms. The van der Waals surface area contributed by atoms with Crippen LogP contribution >= 0.6 is 0 Å². The molecule has 0 spiro atoms. The Balaban J connectivity index is 2.45. The van der Waals surface area contributed by atoms with Gasteiger partial charge < -0.3 is 15.9 Å². The number of hydrogen-bond donors (Lipinski definition) is 3. The Hall–Kier alpha value is -2.16. The molecule has 2 rings (SSSR count). The van der Waals surface area contributed by atoms with Crippen LogP contribution in [-0.4, -0.2) is 10.2 Å². The normalized spacial score (nSPS) is 10.1. The van der Waals surface area contributed by atoms with Crippen molar-refractivity contribution in [3.05, 3.63) is 42.5 Å².